The molecule has 0 aliphatic carbocycles. The lowest BCUT2D eigenvalue weighted by Crippen LogP contribution is -2.42. The van der Waals surface area contributed by atoms with Crippen molar-refractivity contribution in [2.75, 3.05) is 19.6 Å². The minimum Gasteiger partial charge on any atom is -0.384 e. The number of benzene rings is 2. The third-order valence-corrected chi connectivity index (χ3v) is 7.48. The molecule has 2 heterocycles. The zero-order chi connectivity index (χ0) is 20.9. The quantitative estimate of drug-likeness (QED) is 0.567. The van der Waals surface area contributed by atoms with Gasteiger partial charge in [0.25, 0.3) is 0 Å². The van der Waals surface area contributed by atoms with Gasteiger partial charge in [-0.2, -0.15) is 5.26 Å². The summed E-state index contributed by atoms with van der Waals surface area (Å²) in [6, 6.07) is 27.0. The van der Waals surface area contributed by atoms with Gasteiger partial charge in [0.05, 0.1) is 6.07 Å². The molecule has 0 spiro atoms. The van der Waals surface area contributed by atoms with E-state index in [-0.39, 0.29) is 0 Å². The Hall–Kier alpha value is -2.45. The minimum atomic E-state index is -0.671. The van der Waals surface area contributed by atoms with E-state index in [0.717, 1.165) is 61.3 Å². The second-order valence-electron chi connectivity index (χ2n) is 8.20. The topological polar surface area (TPSA) is 47.3 Å². The first-order valence-electron chi connectivity index (χ1n) is 10.7. The fourth-order valence-corrected chi connectivity index (χ4v) is 5.47. The number of thiophene rings is 1. The van der Waals surface area contributed by atoms with E-state index < -0.39 is 11.0 Å². The molecule has 1 saturated heterocycles. The maximum Gasteiger partial charge on any atom is 0.107 e. The molecule has 0 atom stereocenters. The maximum absolute atomic E-state index is 11.0. The average Bonchev–Trinajstić information content (AvgIpc) is 3.36. The van der Waals surface area contributed by atoms with Crippen molar-refractivity contribution in [1.82, 2.24) is 4.90 Å². The number of hydrogen-bond acceptors (Lipinski definition) is 4. The van der Waals surface area contributed by atoms with Gasteiger partial charge in [0.2, 0.25) is 0 Å². The van der Waals surface area contributed by atoms with Crippen LogP contribution >= 0.6 is 11.3 Å². The molecule has 0 radical (unpaired) electrons. The molecule has 4 heteroatoms. The summed E-state index contributed by atoms with van der Waals surface area (Å²) in [5, 5.41) is 23.3. The van der Waals surface area contributed by atoms with Gasteiger partial charge in [-0.15, -0.1) is 11.3 Å². The molecule has 1 aliphatic heterocycles. The first-order chi connectivity index (χ1) is 14.7. The van der Waals surface area contributed by atoms with Crippen molar-refractivity contribution in [3.63, 3.8) is 0 Å². The van der Waals surface area contributed by atoms with Gasteiger partial charge in [-0.25, -0.2) is 0 Å². The Morgan fingerprint density at radius 2 is 1.53 bits per heavy atom. The lowest BCUT2D eigenvalue weighted by atomic mass is 9.72. The predicted octanol–water partition coefficient (Wildman–Crippen LogP) is 5.32. The van der Waals surface area contributed by atoms with E-state index in [0.29, 0.717) is 0 Å². The van der Waals surface area contributed by atoms with Crippen LogP contribution in [-0.4, -0.2) is 29.6 Å². The van der Waals surface area contributed by atoms with Crippen molar-refractivity contribution >= 4 is 11.3 Å². The number of piperidine rings is 1. The summed E-state index contributed by atoms with van der Waals surface area (Å²) in [6.07, 6.45) is 3.26. The Morgan fingerprint density at radius 3 is 2.03 bits per heavy atom. The molecule has 154 valence electrons. The third kappa shape index (κ3) is 4.20. The summed E-state index contributed by atoms with van der Waals surface area (Å²) < 4.78 is 0. The summed E-state index contributed by atoms with van der Waals surface area (Å²) in [4.78, 5) is 3.51. The Labute approximate surface area is 183 Å². The van der Waals surface area contributed by atoms with E-state index in [1.54, 1.807) is 11.3 Å². The number of nitrogens with zero attached hydrogens (tertiary/aromatic N) is 2. The Balaban J connectivity index is 1.43. The zero-order valence-electron chi connectivity index (χ0n) is 17.2. The fraction of sp³-hybridized carbons (Fsp3) is 0.346. The molecule has 2 aromatic carbocycles. The SMILES string of the molecule is N#CC(CCCN1CCC(O)(c2cccs2)CC1)(c1ccccc1)c1ccccc1. The van der Waals surface area contributed by atoms with E-state index in [1.807, 2.05) is 53.9 Å². The van der Waals surface area contributed by atoms with Crippen LogP contribution in [0.15, 0.2) is 78.2 Å². The highest BCUT2D eigenvalue weighted by atomic mass is 32.1. The number of aliphatic hydroxyl groups is 1. The van der Waals surface area contributed by atoms with Crippen LogP contribution in [0.25, 0.3) is 0 Å². The summed E-state index contributed by atoms with van der Waals surface area (Å²) in [5.74, 6) is 0. The zero-order valence-corrected chi connectivity index (χ0v) is 18.0. The van der Waals surface area contributed by atoms with Crippen molar-refractivity contribution in [3.8, 4) is 6.07 Å². The molecule has 1 fully saturated rings. The first kappa shape index (κ1) is 20.8. The van der Waals surface area contributed by atoms with Crippen LogP contribution in [0, 0.1) is 11.3 Å². The number of rotatable bonds is 7. The van der Waals surface area contributed by atoms with Crippen molar-refractivity contribution in [3.05, 3.63) is 94.2 Å². The molecule has 4 rings (SSSR count). The van der Waals surface area contributed by atoms with E-state index in [4.69, 9.17) is 0 Å². The smallest absolute Gasteiger partial charge is 0.107 e. The highest BCUT2D eigenvalue weighted by Crippen LogP contribution is 2.38. The highest BCUT2D eigenvalue weighted by Gasteiger charge is 2.36. The molecule has 1 N–H and O–H groups in total. The highest BCUT2D eigenvalue weighted by molar-refractivity contribution is 7.10. The van der Waals surface area contributed by atoms with Crippen LogP contribution in [-0.2, 0) is 11.0 Å². The van der Waals surface area contributed by atoms with Crippen molar-refractivity contribution in [2.24, 2.45) is 0 Å². The molecule has 0 saturated carbocycles. The largest absolute Gasteiger partial charge is 0.384 e. The van der Waals surface area contributed by atoms with E-state index in [9.17, 15) is 10.4 Å². The first-order valence-corrected chi connectivity index (χ1v) is 11.6. The summed E-state index contributed by atoms with van der Waals surface area (Å²) in [6.45, 7) is 2.73. The third-order valence-electron chi connectivity index (χ3n) is 6.41. The average molecular weight is 417 g/mol. The van der Waals surface area contributed by atoms with Crippen LogP contribution in [0.1, 0.15) is 41.7 Å². The lowest BCUT2D eigenvalue weighted by Gasteiger charge is -2.38. The molecule has 0 bridgehead atoms. The second-order valence-corrected chi connectivity index (χ2v) is 9.15. The van der Waals surface area contributed by atoms with Gasteiger partial charge in [0, 0.05) is 18.0 Å². The van der Waals surface area contributed by atoms with Crippen LogP contribution in [0.2, 0.25) is 0 Å². The van der Waals surface area contributed by atoms with Crippen molar-refractivity contribution in [1.29, 1.82) is 5.26 Å². The van der Waals surface area contributed by atoms with Crippen molar-refractivity contribution in [2.45, 2.75) is 36.7 Å². The van der Waals surface area contributed by atoms with Crippen LogP contribution in [0.4, 0.5) is 0 Å². The van der Waals surface area contributed by atoms with Gasteiger partial charge < -0.3 is 10.0 Å². The van der Waals surface area contributed by atoms with Gasteiger partial charge in [0.15, 0.2) is 0 Å². The molecule has 0 unspecified atom stereocenters. The molecule has 3 nitrogen and oxygen atoms in total. The van der Waals surface area contributed by atoms with Crippen molar-refractivity contribution < 1.29 is 5.11 Å². The summed E-state index contributed by atoms with van der Waals surface area (Å²) >= 11 is 1.64. The molecule has 30 heavy (non-hydrogen) atoms. The van der Waals surface area contributed by atoms with E-state index >= 15 is 0 Å². The fourth-order valence-electron chi connectivity index (χ4n) is 4.59. The van der Waals surface area contributed by atoms with Gasteiger partial charge >= 0.3 is 0 Å². The Morgan fingerprint density at radius 1 is 0.933 bits per heavy atom. The van der Waals surface area contributed by atoms with Gasteiger partial charge in [0.1, 0.15) is 11.0 Å². The number of nitriles is 1. The van der Waals surface area contributed by atoms with Crippen LogP contribution in [0.3, 0.4) is 0 Å². The van der Waals surface area contributed by atoms with Gasteiger partial charge in [-0.1, -0.05) is 66.7 Å². The maximum atomic E-state index is 11.0. The molecular weight excluding hydrogens is 388 g/mol. The Bertz CT molecular complexity index is 916. The molecule has 1 aromatic heterocycles. The monoisotopic (exact) mass is 416 g/mol. The van der Waals surface area contributed by atoms with Gasteiger partial charge in [-0.05, 0) is 54.8 Å². The van der Waals surface area contributed by atoms with Gasteiger partial charge in [-0.3, -0.25) is 0 Å². The van der Waals surface area contributed by atoms with E-state index in [1.165, 1.54) is 0 Å². The molecule has 0 amide bonds. The summed E-state index contributed by atoms with van der Waals surface area (Å²) in [7, 11) is 0. The summed E-state index contributed by atoms with van der Waals surface area (Å²) in [5.41, 5.74) is 0.819. The van der Waals surface area contributed by atoms with E-state index in [2.05, 4.69) is 35.2 Å². The standard InChI is InChI=1S/C26H28N2OS/c27-21-25(22-9-3-1-4-10-22,23-11-5-2-6-12-23)14-8-17-28-18-15-26(29,16-19-28)24-13-7-20-30-24/h1-7,9-13,20,29H,8,14-19H2. The second kappa shape index (κ2) is 9.14. The van der Waals surface area contributed by atoms with Crippen LogP contribution in [0.5, 0.6) is 0 Å². The number of hydrogen-bond donors (Lipinski definition) is 1. The molecule has 1 aliphatic rings. The normalized spacial score (nSPS) is 16.8. The molecule has 3 aromatic rings. The van der Waals surface area contributed by atoms with Crippen LogP contribution < -0.4 is 0 Å². The Kier molecular flexibility index (Phi) is 6.34. The predicted molar refractivity (Wildman–Crippen MR) is 122 cm³/mol. The minimum absolute atomic E-state index is 0.629. The lowest BCUT2D eigenvalue weighted by molar-refractivity contribution is -0.0232. The number of likely N-dealkylation sites (tertiary alicyclic amines) is 1. The molecular formula is C26H28N2OS.